The van der Waals surface area contributed by atoms with Gasteiger partial charge in [-0.15, -0.1) is 0 Å². The Balaban J connectivity index is 1.64. The van der Waals surface area contributed by atoms with Crippen molar-refractivity contribution in [1.82, 2.24) is 10.1 Å². The molecule has 0 aromatic heterocycles. The van der Waals surface area contributed by atoms with Gasteiger partial charge in [0.15, 0.2) is 0 Å². The Bertz CT molecular complexity index is 878. The topological polar surface area (TPSA) is 68.3 Å². The first-order chi connectivity index (χ1) is 20.8. The van der Waals surface area contributed by atoms with Crippen LogP contribution in [0.1, 0.15) is 173 Å². The molecule has 0 bridgehead atoms. The van der Waals surface area contributed by atoms with Gasteiger partial charge in [-0.1, -0.05) is 66.2 Å². The molecule has 2 atom stereocenters. The highest BCUT2D eigenvalue weighted by Crippen LogP contribution is 2.43. The van der Waals surface area contributed by atoms with Gasteiger partial charge in [0, 0.05) is 53.8 Å². The first-order valence-corrected chi connectivity index (χ1v) is 18.4. The maximum absolute atomic E-state index is 13.2. The van der Waals surface area contributed by atoms with Crippen molar-refractivity contribution in [3.63, 3.8) is 0 Å². The van der Waals surface area contributed by atoms with Crippen molar-refractivity contribution in [3.05, 3.63) is 0 Å². The number of Topliss-reactive ketones (excluding diaryl/α,β-unsaturated/α-hetero) is 1. The van der Waals surface area contributed by atoms with E-state index >= 15 is 0 Å². The second-order valence-corrected chi connectivity index (χ2v) is 17.2. The van der Waals surface area contributed by atoms with Crippen molar-refractivity contribution in [1.29, 1.82) is 0 Å². The van der Waals surface area contributed by atoms with Crippen LogP contribution >= 0.6 is 0 Å². The van der Waals surface area contributed by atoms with Gasteiger partial charge in [-0.05, 0) is 92.9 Å². The summed E-state index contributed by atoms with van der Waals surface area (Å²) in [7, 11) is 0. The molecule has 0 radical (unpaired) electrons. The van der Waals surface area contributed by atoms with E-state index in [0.29, 0.717) is 30.5 Å². The molecule has 0 saturated carbocycles. The van der Waals surface area contributed by atoms with Gasteiger partial charge in [0.2, 0.25) is 0 Å². The van der Waals surface area contributed by atoms with Crippen LogP contribution in [0.4, 0.5) is 0 Å². The van der Waals surface area contributed by atoms with E-state index in [4.69, 9.17) is 14.4 Å². The number of piperidine rings is 2. The second kappa shape index (κ2) is 17.4. The number of ketones is 1. The first-order valence-electron chi connectivity index (χ1n) is 18.4. The minimum Gasteiger partial charge on any atom is -0.462 e. The summed E-state index contributed by atoms with van der Waals surface area (Å²) in [5.74, 6) is 1.49. The van der Waals surface area contributed by atoms with E-state index in [2.05, 4.69) is 93.2 Å². The van der Waals surface area contributed by atoms with E-state index in [1.54, 1.807) is 0 Å². The van der Waals surface area contributed by atoms with Crippen LogP contribution in [-0.2, 0) is 24.0 Å². The third-order valence-electron chi connectivity index (χ3n) is 10.3. The number of rotatable bonds is 19. The molecular formula is C38H72N2O5. The highest BCUT2D eigenvalue weighted by atomic mass is 16.7. The number of esters is 1. The Hall–Kier alpha value is -1.02. The molecule has 0 spiro atoms. The number of carbonyl (C=O) groups excluding carboxylic acids is 2. The third kappa shape index (κ3) is 12.5. The minimum atomic E-state index is -0.202. The zero-order valence-electron chi connectivity index (χ0n) is 31.6. The van der Waals surface area contributed by atoms with Crippen molar-refractivity contribution < 1.29 is 24.0 Å². The van der Waals surface area contributed by atoms with Gasteiger partial charge in [0.25, 0.3) is 0 Å². The predicted octanol–water partition coefficient (Wildman–Crippen LogP) is 9.47. The fraction of sp³-hybridized carbons (Fsp3) is 0.947. The predicted molar refractivity (Wildman–Crippen MR) is 185 cm³/mol. The molecule has 0 amide bonds. The zero-order valence-corrected chi connectivity index (χ0v) is 31.6. The van der Waals surface area contributed by atoms with Crippen LogP contribution in [0.25, 0.3) is 0 Å². The number of hydrogen-bond donors (Lipinski definition) is 0. The summed E-state index contributed by atoms with van der Waals surface area (Å²) in [6.07, 6.45) is 12.7. The monoisotopic (exact) mass is 637 g/mol. The van der Waals surface area contributed by atoms with E-state index in [9.17, 15) is 9.59 Å². The van der Waals surface area contributed by atoms with Crippen LogP contribution < -0.4 is 0 Å². The molecule has 2 saturated heterocycles. The maximum atomic E-state index is 13.2. The molecule has 2 unspecified atom stereocenters. The first kappa shape index (κ1) is 40.2. The molecule has 2 fully saturated rings. The second-order valence-electron chi connectivity index (χ2n) is 17.2. The summed E-state index contributed by atoms with van der Waals surface area (Å²) in [6.45, 7) is 27.9. The quantitative estimate of drug-likeness (QED) is 0.103. The smallest absolute Gasteiger partial charge is 0.306 e. The van der Waals surface area contributed by atoms with Crippen molar-refractivity contribution in [3.8, 4) is 0 Å². The summed E-state index contributed by atoms with van der Waals surface area (Å²) in [6, 6.07) is 0. The number of ether oxygens (including phenoxy) is 1. The Morgan fingerprint density at radius 1 is 0.622 bits per heavy atom. The van der Waals surface area contributed by atoms with Gasteiger partial charge in [0.05, 0.1) is 13.2 Å². The Morgan fingerprint density at radius 3 is 1.42 bits per heavy atom. The van der Waals surface area contributed by atoms with Crippen LogP contribution in [0.2, 0.25) is 0 Å². The van der Waals surface area contributed by atoms with E-state index in [-0.39, 0.29) is 40.1 Å². The van der Waals surface area contributed by atoms with E-state index < -0.39 is 0 Å². The lowest BCUT2D eigenvalue weighted by Crippen LogP contribution is -2.62. The van der Waals surface area contributed by atoms with Crippen molar-refractivity contribution in [2.45, 2.75) is 201 Å². The SMILES string of the molecule is CCC(C)CON1C(C)(C)CC(OC(=O)CCCCCCCCC(=O)C2CC(C)(C)N(OCC(C)CC)C(C)(C)C2)CC1(C)C. The summed E-state index contributed by atoms with van der Waals surface area (Å²) < 4.78 is 5.98. The Labute approximate surface area is 277 Å². The number of hydroxylamine groups is 4. The molecule has 2 heterocycles. The summed E-state index contributed by atoms with van der Waals surface area (Å²) in [5.41, 5.74) is -0.733. The molecule has 0 aliphatic carbocycles. The molecule has 45 heavy (non-hydrogen) atoms. The highest BCUT2D eigenvalue weighted by Gasteiger charge is 2.49. The molecular weight excluding hydrogens is 564 g/mol. The molecule has 7 nitrogen and oxygen atoms in total. The van der Waals surface area contributed by atoms with Crippen molar-refractivity contribution >= 4 is 11.8 Å². The largest absolute Gasteiger partial charge is 0.462 e. The number of unbranched alkanes of at least 4 members (excludes halogenated alkanes) is 5. The standard InChI is InChI=1S/C38H72N2O5/c1-13-29(3)27-43-39-35(5,6)23-31(24-36(39,7)8)33(41)21-19-17-15-16-18-20-22-34(42)45-32-25-37(9,10)40(38(11,12)26-32)44-28-30(4)14-2/h29-32H,13-28H2,1-12H3. The normalized spacial score (nSPS) is 23.5. The van der Waals surface area contributed by atoms with Gasteiger partial charge < -0.3 is 4.74 Å². The molecule has 2 rings (SSSR count). The molecule has 2 aliphatic rings. The van der Waals surface area contributed by atoms with Crippen molar-refractivity contribution in [2.75, 3.05) is 13.2 Å². The summed E-state index contributed by atoms with van der Waals surface area (Å²) in [5, 5.41) is 4.33. The van der Waals surface area contributed by atoms with Crippen LogP contribution in [0.3, 0.4) is 0 Å². The van der Waals surface area contributed by atoms with E-state index in [1.165, 1.54) is 0 Å². The molecule has 7 heteroatoms. The average Bonchev–Trinajstić information content (AvgIpc) is 2.91. The van der Waals surface area contributed by atoms with Gasteiger partial charge in [0.1, 0.15) is 11.9 Å². The lowest BCUT2D eigenvalue weighted by atomic mass is 9.73. The molecule has 264 valence electrons. The van der Waals surface area contributed by atoms with E-state index in [0.717, 1.165) is 90.3 Å². The minimum absolute atomic E-state index is 0.0756. The molecule has 0 aromatic carbocycles. The van der Waals surface area contributed by atoms with Crippen LogP contribution in [0, 0.1) is 17.8 Å². The van der Waals surface area contributed by atoms with Gasteiger partial charge in [-0.25, -0.2) is 0 Å². The van der Waals surface area contributed by atoms with E-state index in [1.807, 2.05) is 0 Å². The van der Waals surface area contributed by atoms with Crippen molar-refractivity contribution in [2.24, 2.45) is 17.8 Å². The van der Waals surface area contributed by atoms with Crippen LogP contribution in [0.5, 0.6) is 0 Å². The fourth-order valence-corrected chi connectivity index (χ4v) is 7.81. The third-order valence-corrected chi connectivity index (χ3v) is 10.3. The number of carbonyl (C=O) groups is 2. The van der Waals surface area contributed by atoms with Gasteiger partial charge in [-0.2, -0.15) is 10.1 Å². The Kier molecular flexibility index (Phi) is 15.5. The lowest BCUT2D eigenvalue weighted by molar-refractivity contribution is -0.297. The fourth-order valence-electron chi connectivity index (χ4n) is 7.81. The number of nitrogens with zero attached hydrogens (tertiary/aromatic N) is 2. The Morgan fingerprint density at radius 2 is 1.00 bits per heavy atom. The zero-order chi connectivity index (χ0) is 34.1. The maximum Gasteiger partial charge on any atom is 0.306 e. The lowest BCUT2D eigenvalue weighted by Gasteiger charge is -2.53. The molecule has 0 N–H and O–H groups in total. The molecule has 0 aromatic rings. The summed E-state index contributed by atoms with van der Waals surface area (Å²) >= 11 is 0. The summed E-state index contributed by atoms with van der Waals surface area (Å²) in [4.78, 5) is 38.5. The molecule has 2 aliphatic heterocycles. The number of hydrogen-bond acceptors (Lipinski definition) is 7. The highest BCUT2D eigenvalue weighted by molar-refractivity contribution is 5.81. The average molecular weight is 637 g/mol. The van der Waals surface area contributed by atoms with Crippen LogP contribution in [0.15, 0.2) is 0 Å². The van der Waals surface area contributed by atoms with Gasteiger partial charge >= 0.3 is 5.97 Å². The van der Waals surface area contributed by atoms with Gasteiger partial charge in [-0.3, -0.25) is 19.3 Å². The van der Waals surface area contributed by atoms with Crippen LogP contribution in [-0.4, -0.2) is 63.4 Å².